The first-order valence-electron chi connectivity index (χ1n) is 12.2. The number of para-hydroxylation sites is 1. The van der Waals surface area contributed by atoms with Gasteiger partial charge in [-0.05, 0) is 37.1 Å². The van der Waals surface area contributed by atoms with Crippen LogP contribution in [-0.4, -0.2) is 33.9 Å². The maximum atomic E-state index is 13.3. The highest BCUT2D eigenvalue weighted by molar-refractivity contribution is 7.48. The van der Waals surface area contributed by atoms with Gasteiger partial charge >= 0.3 is 7.82 Å². The van der Waals surface area contributed by atoms with E-state index in [0.717, 1.165) is 47.1 Å². The molecule has 2 N–H and O–H groups in total. The summed E-state index contributed by atoms with van der Waals surface area (Å²) in [6.07, 6.45) is 2.34. The van der Waals surface area contributed by atoms with E-state index in [2.05, 4.69) is 16.5 Å². The number of anilines is 1. The second-order valence-electron chi connectivity index (χ2n) is 9.16. The lowest BCUT2D eigenvalue weighted by Crippen LogP contribution is -2.24. The van der Waals surface area contributed by atoms with Crippen LogP contribution in [0.4, 0.5) is 5.82 Å². The number of phosphoric ester groups is 1. The molecule has 1 aliphatic heterocycles. The van der Waals surface area contributed by atoms with E-state index in [0.29, 0.717) is 22.9 Å². The first-order chi connectivity index (χ1) is 17.4. The Labute approximate surface area is 215 Å². The van der Waals surface area contributed by atoms with E-state index in [4.69, 9.17) is 35.9 Å². The van der Waals surface area contributed by atoms with E-state index < -0.39 is 13.9 Å². The highest BCUT2D eigenvalue weighted by Crippen LogP contribution is 2.54. The summed E-state index contributed by atoms with van der Waals surface area (Å²) in [4.78, 5) is 9.38. The van der Waals surface area contributed by atoms with Crippen molar-refractivity contribution in [2.45, 2.75) is 51.7 Å². The van der Waals surface area contributed by atoms with Gasteiger partial charge in [0.2, 0.25) is 0 Å². The van der Waals surface area contributed by atoms with Gasteiger partial charge < -0.3 is 10.3 Å². The normalized spacial score (nSPS) is 21.2. The van der Waals surface area contributed by atoms with Gasteiger partial charge in [0, 0.05) is 22.7 Å². The number of aryl methyl sites for hydroxylation is 1. The second kappa shape index (κ2) is 10.5. The molecule has 10 heteroatoms. The molecule has 8 nitrogen and oxygen atoms in total. The van der Waals surface area contributed by atoms with Crippen molar-refractivity contribution < 1.29 is 18.1 Å². The number of rotatable bonds is 8. The SMILES string of the molecule is CCCCc1nc2c(N)nc3ccccc3c2n1CC(C)OP1(=O)OCC(c2cccc(Cl)c2)CO1. The highest BCUT2D eigenvalue weighted by atomic mass is 35.5. The fourth-order valence-corrected chi connectivity index (χ4v) is 6.23. The number of aromatic nitrogens is 3. The molecular weight excluding hydrogens is 499 g/mol. The Bertz CT molecular complexity index is 1430. The van der Waals surface area contributed by atoms with E-state index >= 15 is 0 Å². The number of phosphoric acid groups is 1. The molecule has 0 saturated carbocycles. The average Bonchev–Trinajstić information content (AvgIpc) is 3.21. The lowest BCUT2D eigenvalue weighted by atomic mass is 10.0. The number of nitrogens with zero attached hydrogens (tertiary/aromatic N) is 3. The van der Waals surface area contributed by atoms with Crippen LogP contribution in [0.2, 0.25) is 5.02 Å². The predicted molar refractivity (Wildman–Crippen MR) is 142 cm³/mol. The number of imidazole rings is 1. The van der Waals surface area contributed by atoms with Crippen molar-refractivity contribution >= 4 is 47.2 Å². The number of nitrogens with two attached hydrogens (primary N) is 1. The van der Waals surface area contributed by atoms with Gasteiger partial charge in [-0.3, -0.25) is 13.6 Å². The predicted octanol–water partition coefficient (Wildman–Crippen LogP) is 6.51. The summed E-state index contributed by atoms with van der Waals surface area (Å²) in [6, 6.07) is 15.4. The first kappa shape index (κ1) is 25.2. The molecule has 2 aromatic carbocycles. The smallest absolute Gasteiger partial charge is 0.382 e. The zero-order valence-corrected chi connectivity index (χ0v) is 22.0. The quantitative estimate of drug-likeness (QED) is 0.260. The summed E-state index contributed by atoms with van der Waals surface area (Å²) < 4.78 is 32.6. The van der Waals surface area contributed by atoms with Gasteiger partial charge in [-0.1, -0.05) is 55.3 Å². The summed E-state index contributed by atoms with van der Waals surface area (Å²) in [5.74, 6) is 1.23. The third-order valence-electron chi connectivity index (χ3n) is 6.38. The third-order valence-corrected chi connectivity index (χ3v) is 8.16. The molecular formula is C26H30ClN4O4P. The van der Waals surface area contributed by atoms with Crippen LogP contribution < -0.4 is 5.73 Å². The molecule has 1 saturated heterocycles. The summed E-state index contributed by atoms with van der Waals surface area (Å²) >= 11 is 6.11. The molecule has 0 bridgehead atoms. The molecule has 1 unspecified atom stereocenters. The number of benzene rings is 2. The number of pyridine rings is 1. The molecule has 5 rings (SSSR count). The van der Waals surface area contributed by atoms with Crippen molar-refractivity contribution in [2.75, 3.05) is 18.9 Å². The molecule has 0 radical (unpaired) electrons. The van der Waals surface area contributed by atoms with Gasteiger partial charge in [-0.25, -0.2) is 14.5 Å². The van der Waals surface area contributed by atoms with Crippen LogP contribution in [-0.2, 0) is 31.1 Å². The highest BCUT2D eigenvalue weighted by Gasteiger charge is 2.36. The Morgan fingerprint density at radius 2 is 1.97 bits per heavy atom. The number of halogens is 1. The van der Waals surface area contributed by atoms with Crippen LogP contribution in [0.3, 0.4) is 0 Å². The van der Waals surface area contributed by atoms with Crippen LogP contribution in [0.1, 0.15) is 44.0 Å². The molecule has 1 aliphatic rings. The molecule has 3 heterocycles. The van der Waals surface area contributed by atoms with Crippen LogP contribution in [0.15, 0.2) is 48.5 Å². The van der Waals surface area contributed by atoms with Gasteiger partial charge in [0.05, 0.1) is 36.9 Å². The fourth-order valence-electron chi connectivity index (χ4n) is 4.60. The van der Waals surface area contributed by atoms with Crippen molar-refractivity contribution in [3.05, 3.63) is 64.9 Å². The van der Waals surface area contributed by atoms with Crippen molar-refractivity contribution in [1.29, 1.82) is 0 Å². The minimum Gasteiger partial charge on any atom is -0.382 e. The average molecular weight is 529 g/mol. The molecule has 2 aromatic heterocycles. The topological polar surface area (TPSA) is 101 Å². The maximum absolute atomic E-state index is 13.3. The van der Waals surface area contributed by atoms with Crippen molar-refractivity contribution in [2.24, 2.45) is 0 Å². The van der Waals surface area contributed by atoms with Gasteiger partial charge in [-0.2, -0.15) is 0 Å². The molecule has 36 heavy (non-hydrogen) atoms. The largest absolute Gasteiger partial charge is 0.475 e. The molecule has 0 amide bonds. The molecule has 4 aromatic rings. The minimum atomic E-state index is -3.72. The van der Waals surface area contributed by atoms with E-state index in [1.54, 1.807) is 0 Å². The van der Waals surface area contributed by atoms with Crippen molar-refractivity contribution in [1.82, 2.24) is 14.5 Å². The lowest BCUT2D eigenvalue weighted by molar-refractivity contribution is 0.0386. The zero-order chi connectivity index (χ0) is 25.3. The summed E-state index contributed by atoms with van der Waals surface area (Å²) in [7, 11) is -3.72. The molecule has 0 spiro atoms. The third kappa shape index (κ3) is 5.15. The first-order valence-corrected chi connectivity index (χ1v) is 14.1. The maximum Gasteiger partial charge on any atom is 0.475 e. The standard InChI is InChI=1S/C26H30ClN4O4P/c1-3-4-12-23-30-24-25(21-10-5-6-11-22(21)29-26(24)28)31(23)14-17(2)35-36(32)33-15-19(16-34-36)18-8-7-9-20(27)13-18/h5-11,13,17,19H,3-4,12,14-16H2,1-2H3,(H2,28,29). The van der Waals surface area contributed by atoms with Crippen LogP contribution in [0.25, 0.3) is 21.9 Å². The number of fused-ring (bicyclic) bond motifs is 3. The summed E-state index contributed by atoms with van der Waals surface area (Å²) in [5, 5.41) is 1.60. The van der Waals surface area contributed by atoms with Gasteiger partial charge in [0.1, 0.15) is 11.3 Å². The van der Waals surface area contributed by atoms with Gasteiger partial charge in [0.15, 0.2) is 5.82 Å². The Morgan fingerprint density at radius 1 is 1.19 bits per heavy atom. The van der Waals surface area contributed by atoms with E-state index in [-0.39, 0.29) is 19.1 Å². The Balaban J connectivity index is 1.38. The number of hydrogen-bond acceptors (Lipinski definition) is 7. The second-order valence-corrected chi connectivity index (χ2v) is 11.2. The van der Waals surface area contributed by atoms with Crippen LogP contribution >= 0.6 is 19.4 Å². The molecule has 1 fully saturated rings. The van der Waals surface area contributed by atoms with E-state index in [1.165, 1.54) is 0 Å². The number of hydrogen-bond donors (Lipinski definition) is 1. The van der Waals surface area contributed by atoms with Crippen molar-refractivity contribution in [3.63, 3.8) is 0 Å². The Hall–Kier alpha value is -2.48. The van der Waals surface area contributed by atoms with Crippen LogP contribution in [0.5, 0.6) is 0 Å². The molecule has 1 atom stereocenters. The van der Waals surface area contributed by atoms with Crippen molar-refractivity contribution in [3.8, 4) is 0 Å². The number of unbranched alkanes of at least 4 members (excludes halogenated alkanes) is 1. The lowest BCUT2D eigenvalue weighted by Gasteiger charge is -2.30. The van der Waals surface area contributed by atoms with Gasteiger partial charge in [0.25, 0.3) is 0 Å². The Kier molecular flexibility index (Phi) is 7.33. The monoisotopic (exact) mass is 528 g/mol. The van der Waals surface area contributed by atoms with Crippen LogP contribution in [0, 0.1) is 0 Å². The Morgan fingerprint density at radius 3 is 2.72 bits per heavy atom. The number of nitrogen functional groups attached to an aromatic ring is 1. The molecule has 190 valence electrons. The minimum absolute atomic E-state index is 0.0650. The molecule has 0 aliphatic carbocycles. The van der Waals surface area contributed by atoms with E-state index in [9.17, 15) is 4.57 Å². The summed E-state index contributed by atoms with van der Waals surface area (Å²) in [6.45, 7) is 4.87. The van der Waals surface area contributed by atoms with E-state index in [1.807, 2.05) is 55.5 Å². The fraction of sp³-hybridized carbons (Fsp3) is 0.385. The zero-order valence-electron chi connectivity index (χ0n) is 20.4. The summed E-state index contributed by atoms with van der Waals surface area (Å²) in [5.41, 5.74) is 9.66. The van der Waals surface area contributed by atoms with Gasteiger partial charge in [-0.15, -0.1) is 0 Å².